The number of ether oxygens (including phenoxy) is 5. The van der Waals surface area contributed by atoms with Crippen LogP contribution in [0.3, 0.4) is 0 Å². The van der Waals surface area contributed by atoms with Crippen LogP contribution in [0.5, 0.6) is 46.0 Å². The highest BCUT2D eigenvalue weighted by Crippen LogP contribution is 2.51. The Bertz CT molecular complexity index is 4810. The van der Waals surface area contributed by atoms with Gasteiger partial charge in [-0.15, -0.1) is 0 Å². The number of benzene rings is 5. The number of fused-ring (bicyclic) bond motifs is 15. The lowest BCUT2D eigenvalue weighted by Gasteiger charge is -2.49. The molecule has 42 heteroatoms. The van der Waals surface area contributed by atoms with E-state index in [1.165, 1.54) is 19.2 Å². The van der Waals surface area contributed by atoms with Crippen molar-refractivity contribution in [3.8, 4) is 57.1 Å². The van der Waals surface area contributed by atoms with E-state index in [1.807, 2.05) is 27.7 Å². The molecule has 6 aliphatic heterocycles. The summed E-state index contributed by atoms with van der Waals surface area (Å²) in [4.78, 5) is 132. The molecule has 1 saturated heterocycles. The molecule has 128 heavy (non-hydrogen) atoms. The Hall–Kier alpha value is -9.93. The molecule has 2 fully saturated rings. The first-order valence-corrected chi connectivity index (χ1v) is 43.1. The van der Waals surface area contributed by atoms with Crippen molar-refractivity contribution < 1.29 is 143 Å². The summed E-state index contributed by atoms with van der Waals surface area (Å²) in [7, 11) is 1.47. The lowest BCUT2D eigenvalue weighted by atomic mass is 9.73. The molecule has 27 N–H and O–H groups in total. The predicted molar refractivity (Wildman–Crippen MR) is 455 cm³/mol. The van der Waals surface area contributed by atoms with Gasteiger partial charge in [-0.2, -0.15) is 0 Å². The molecule has 6 heterocycles. The molecule has 8 amide bonds. The van der Waals surface area contributed by atoms with E-state index in [9.17, 15) is 90.7 Å². The smallest absolute Gasteiger partial charge is 0.330 e. The monoisotopic (exact) mass is 1840 g/mol. The molecule has 5 aromatic rings. The summed E-state index contributed by atoms with van der Waals surface area (Å²) >= 11 is 14.4. The number of rotatable bonds is 33. The van der Waals surface area contributed by atoms with Crippen LogP contribution in [0.25, 0.3) is 11.1 Å². The number of carboxylic acids is 1. The molecule has 4 unspecified atom stereocenters. The number of aliphatic hydroxyl groups excluding tert-OH is 11. The van der Waals surface area contributed by atoms with Crippen LogP contribution in [0, 0.1) is 11.8 Å². The Labute approximate surface area is 745 Å². The zero-order valence-electron chi connectivity index (χ0n) is 71.1. The maximum absolute atomic E-state index is 16.4. The minimum atomic E-state index is -2.41. The van der Waals surface area contributed by atoms with E-state index in [1.54, 1.807) is 0 Å². The van der Waals surface area contributed by atoms with Crippen LogP contribution in [0.1, 0.15) is 175 Å². The molecule has 22 atom stereocenters. The number of primary amides is 1. The molecule has 0 spiro atoms. The minimum absolute atomic E-state index is 0.00945. The number of likely N-dealkylation sites (N-methyl/N-ethyl adjacent to an activating group) is 1. The van der Waals surface area contributed by atoms with Crippen molar-refractivity contribution in [1.82, 2.24) is 53.2 Å². The molecule has 11 bridgehead atoms. The first kappa shape index (κ1) is 100. The van der Waals surface area contributed by atoms with Gasteiger partial charge in [-0.1, -0.05) is 108 Å². The van der Waals surface area contributed by atoms with Gasteiger partial charge in [0.2, 0.25) is 53.4 Å². The van der Waals surface area contributed by atoms with E-state index in [4.69, 9.17) is 57.7 Å². The number of nitrogens with one attached hydrogen (secondary N) is 10. The summed E-state index contributed by atoms with van der Waals surface area (Å²) in [6.07, 6.45) is -17.6. The van der Waals surface area contributed by atoms with E-state index in [-0.39, 0.29) is 66.6 Å². The van der Waals surface area contributed by atoms with E-state index >= 15 is 24.0 Å². The predicted octanol–water partition coefficient (Wildman–Crippen LogP) is 0.183. The van der Waals surface area contributed by atoms with Gasteiger partial charge >= 0.3 is 5.97 Å². The van der Waals surface area contributed by atoms with Gasteiger partial charge in [-0.25, -0.2) is 4.79 Å². The number of hydrogen-bond acceptors (Lipinski definition) is 31. The third-order valence-electron chi connectivity index (χ3n) is 23.4. The lowest BCUT2D eigenvalue weighted by Crippen LogP contribution is -2.64. The van der Waals surface area contributed by atoms with Crippen LogP contribution in [0.2, 0.25) is 10.0 Å². The normalized spacial score (nSPS) is 26.7. The number of hydrogen-bond donors (Lipinski definition) is 26. The summed E-state index contributed by atoms with van der Waals surface area (Å²) in [5.41, 5.74) is 1.05. The van der Waals surface area contributed by atoms with Crippen LogP contribution in [-0.2, 0) is 59.2 Å². The van der Waals surface area contributed by atoms with Gasteiger partial charge in [0.15, 0.2) is 23.6 Å². The fourth-order valence-electron chi connectivity index (χ4n) is 16.3. The number of unbranched alkanes of at least 4 members (excludes halogenated alkanes) is 6. The summed E-state index contributed by atoms with van der Waals surface area (Å²) in [5.74, 6) is -18.4. The quantitative estimate of drug-likeness (QED) is 0.0249. The number of aromatic hydroxyl groups is 3. The highest BCUT2D eigenvalue weighted by molar-refractivity contribution is 6.32. The average molecular weight is 1840 g/mol. The summed E-state index contributed by atoms with van der Waals surface area (Å²) in [5, 5.41) is 194. The van der Waals surface area contributed by atoms with Gasteiger partial charge in [0.1, 0.15) is 114 Å². The Morgan fingerprint density at radius 2 is 1.29 bits per heavy atom. The van der Waals surface area contributed by atoms with Gasteiger partial charge in [0, 0.05) is 35.3 Å². The van der Waals surface area contributed by atoms with Gasteiger partial charge in [-0.05, 0) is 148 Å². The molecule has 1 aliphatic carbocycles. The molecule has 702 valence electrons. The van der Waals surface area contributed by atoms with Crippen molar-refractivity contribution in [3.05, 3.63) is 116 Å². The Morgan fingerprint density at radius 3 is 1.90 bits per heavy atom. The zero-order chi connectivity index (χ0) is 93.6. The van der Waals surface area contributed by atoms with Crippen molar-refractivity contribution in [2.75, 3.05) is 39.9 Å². The molecule has 0 radical (unpaired) electrons. The number of phenols is 3. The molecular formula is C86H115Cl2N11O29. The van der Waals surface area contributed by atoms with Gasteiger partial charge < -0.3 is 159 Å². The van der Waals surface area contributed by atoms with Crippen LogP contribution >= 0.6 is 23.2 Å². The zero-order valence-corrected chi connectivity index (χ0v) is 72.6. The largest absolute Gasteiger partial charge is 0.507 e. The van der Waals surface area contributed by atoms with Gasteiger partial charge in [-0.3, -0.25) is 38.4 Å². The highest BCUT2D eigenvalue weighted by atomic mass is 35.5. The van der Waals surface area contributed by atoms with Crippen LogP contribution < -0.4 is 73.1 Å². The molecule has 12 rings (SSSR count). The minimum Gasteiger partial charge on any atom is -0.507 e. The number of halogens is 2. The lowest BCUT2D eigenvalue weighted by molar-refractivity contribution is -0.299. The second-order valence-electron chi connectivity index (χ2n) is 33.5. The number of carbonyl (C=O) groups is 9. The summed E-state index contributed by atoms with van der Waals surface area (Å²) in [6, 6.07) is -2.09. The second kappa shape index (κ2) is 44.6. The molecular weight excluding hydrogens is 1720 g/mol. The van der Waals surface area contributed by atoms with Crippen molar-refractivity contribution >= 4 is 76.4 Å². The van der Waals surface area contributed by atoms with Crippen molar-refractivity contribution in [2.45, 2.75) is 246 Å². The number of phenolic OH excluding ortho intramolecular Hbond substituents is 3. The number of nitrogens with two attached hydrogens (primary N) is 1. The van der Waals surface area contributed by atoms with E-state index in [0.29, 0.717) is 6.54 Å². The number of aliphatic hydroxyl groups is 11. The van der Waals surface area contributed by atoms with Crippen LogP contribution in [0.4, 0.5) is 0 Å². The first-order valence-electron chi connectivity index (χ1n) is 42.3. The maximum Gasteiger partial charge on any atom is 0.330 e. The van der Waals surface area contributed by atoms with Crippen LogP contribution in [0.15, 0.2) is 72.8 Å². The topological polar surface area (TPSA) is 650 Å². The maximum atomic E-state index is 16.4. The van der Waals surface area contributed by atoms with Crippen molar-refractivity contribution in [3.63, 3.8) is 0 Å². The highest BCUT2D eigenvalue weighted by Gasteiger charge is 2.52. The third-order valence-corrected chi connectivity index (χ3v) is 24.0. The average Bonchev–Trinajstić information content (AvgIpc) is 0.754. The third kappa shape index (κ3) is 23.8. The Morgan fingerprint density at radius 1 is 0.672 bits per heavy atom. The SMILES string of the molecule is CCCCCCCCCNC1(C)C[C@H](O[C@H]2C(Oc3c4cc5cc3Oc3ccc(cc3Cl)[C@@H](O)[C@@H](NC(=O)[C@@H](CC(C)C)NC)C(=O)N[C@@H](CC(N)=O)C(=O)N[C@H]5C(=O)N[C@@H]3C(=O)N[C@H](C(=O)N[C@H](C(=O)O)c5cc(O)c(CNCCCNC(=O)[C@H](O)[C@@H](O)[C@H](O)[C@H](O)CO)c(O)c5-c5cc3ccc5O)[C@H](O)c3ccc(c(Cl)c3)O4)O[C@H](CO)C(O)C2O)C[C@@H](C)[C@H]1O. The number of carboxylic acid groups (broad SMARTS) is 1. The van der Waals surface area contributed by atoms with E-state index in [0.717, 1.165) is 106 Å². The van der Waals surface area contributed by atoms with Gasteiger partial charge in [0.05, 0.1) is 53.5 Å². The van der Waals surface area contributed by atoms with Crippen LogP contribution in [-0.4, -0.2) is 267 Å². The van der Waals surface area contributed by atoms with Gasteiger partial charge in [0.25, 0.3) is 5.91 Å². The van der Waals surface area contributed by atoms with E-state index < -0.39 is 291 Å². The summed E-state index contributed by atoms with van der Waals surface area (Å²) in [6.45, 7) is 7.05. The number of carbonyl (C=O) groups excluding carboxylic acids is 8. The molecule has 1 saturated carbocycles. The fraction of sp³-hybridized carbons (Fsp3) is 0.547. The number of aliphatic carboxylic acids is 1. The Kier molecular flexibility index (Phi) is 34.9. The van der Waals surface area contributed by atoms with E-state index in [2.05, 4.69) is 60.1 Å². The van der Waals surface area contributed by atoms with Crippen molar-refractivity contribution in [1.29, 1.82) is 0 Å². The number of amides is 8. The fourth-order valence-corrected chi connectivity index (χ4v) is 16.8. The molecule has 40 nitrogen and oxygen atoms in total. The standard InChI is InChI=1S/C86H115Cl2N11O29/c1-7-8-9-10-11-12-13-23-93-86(5)33-43(25-38(4)76(86)114)124-75-72(112)70(110)58(36-101)127-85(75)128-74-56-29-42-30-57(74)126-55-20-17-41(28-48(55)88)67(107)65-82(120)97-63(84(122)123)45-31-52(103)46(34-91-21-14-22-92-83(121)73(113)71(111)69(109)53(104)35-100)68(108)60(45)44-26-39(15-18-51(44)102)61(79(117)99-65)96-80(118)62(42)95-78(116)50(32-59(89)105)94-81(119)64(98-77(115)49(90-6)24-37(2)3)66(106)40-16-19-54(125-56)47(87)27-40/h15-20,26-31,37-38,43,49-50,53,58,61-67,69-73,75-76,85,90-91,93,100-104,106-114H,7-14,21-25,32-36H2,1-6H3,(H2,89,105)(H,92,121)(H,94,119)(H,95,116)(H,96,118)(H,97,120)(H,98,115)(H,99,117)(H,122,123)/t38-,43-,49-,50+,53-,58-,61+,62-,63+,64-,65+,66-,67-,69-,70?,71+,72?,73-,75-,76-,85?,86?/m1/s1. The Balaban J connectivity index is 1.16. The molecule has 5 aromatic carbocycles. The second-order valence-corrected chi connectivity index (χ2v) is 34.3. The van der Waals surface area contributed by atoms with Crippen molar-refractivity contribution in [2.24, 2.45) is 17.6 Å². The first-order chi connectivity index (χ1) is 60.7. The summed E-state index contributed by atoms with van der Waals surface area (Å²) < 4.78 is 33.6. The molecule has 7 aliphatic rings. The molecule has 0 aromatic heterocycles.